The van der Waals surface area contributed by atoms with Gasteiger partial charge in [0.1, 0.15) is 5.76 Å². The van der Waals surface area contributed by atoms with Gasteiger partial charge in [0.25, 0.3) is 0 Å². The molecule has 2 rings (SSSR count). The SMILES string of the molecule is Cc1noc(C)c1CNc1n[nH]c(N)n1. The summed E-state index contributed by atoms with van der Waals surface area (Å²) in [5, 5.41) is 13.3. The summed E-state index contributed by atoms with van der Waals surface area (Å²) in [6.07, 6.45) is 0. The van der Waals surface area contributed by atoms with Crippen molar-refractivity contribution in [2.75, 3.05) is 11.1 Å². The summed E-state index contributed by atoms with van der Waals surface area (Å²) in [5.41, 5.74) is 7.26. The summed E-state index contributed by atoms with van der Waals surface area (Å²) in [4.78, 5) is 3.92. The topological polar surface area (TPSA) is 106 Å². The Labute approximate surface area is 86.1 Å². The minimum absolute atomic E-state index is 0.288. The fourth-order valence-electron chi connectivity index (χ4n) is 1.28. The van der Waals surface area contributed by atoms with E-state index in [1.54, 1.807) is 0 Å². The summed E-state index contributed by atoms with van der Waals surface area (Å²) in [6.45, 7) is 4.32. The zero-order valence-corrected chi connectivity index (χ0v) is 8.53. The van der Waals surface area contributed by atoms with Gasteiger partial charge < -0.3 is 15.6 Å². The lowest BCUT2D eigenvalue weighted by Gasteiger charge is -1.99. The van der Waals surface area contributed by atoms with Crippen LogP contribution in [0.2, 0.25) is 0 Å². The second-order valence-corrected chi connectivity index (χ2v) is 3.20. The molecule has 0 bridgehead atoms. The smallest absolute Gasteiger partial charge is 0.243 e. The predicted octanol–water partition coefficient (Wildman–Crippen LogP) is 0.604. The van der Waals surface area contributed by atoms with Crippen molar-refractivity contribution < 1.29 is 4.52 Å². The molecule has 15 heavy (non-hydrogen) atoms. The summed E-state index contributed by atoms with van der Waals surface area (Å²) in [7, 11) is 0. The van der Waals surface area contributed by atoms with Crippen molar-refractivity contribution in [1.29, 1.82) is 0 Å². The van der Waals surface area contributed by atoms with E-state index in [0.717, 1.165) is 17.0 Å². The van der Waals surface area contributed by atoms with Crippen LogP contribution in [0.5, 0.6) is 0 Å². The third-order valence-electron chi connectivity index (χ3n) is 2.11. The van der Waals surface area contributed by atoms with Gasteiger partial charge in [0, 0.05) is 12.1 Å². The molecule has 0 aliphatic rings. The maximum Gasteiger partial charge on any atom is 0.243 e. The number of nitrogens with two attached hydrogens (primary N) is 1. The van der Waals surface area contributed by atoms with E-state index < -0.39 is 0 Å². The molecule has 80 valence electrons. The third-order valence-corrected chi connectivity index (χ3v) is 2.11. The van der Waals surface area contributed by atoms with E-state index in [1.165, 1.54) is 0 Å². The monoisotopic (exact) mass is 208 g/mol. The number of hydrogen-bond acceptors (Lipinski definition) is 6. The van der Waals surface area contributed by atoms with Crippen molar-refractivity contribution in [3.05, 3.63) is 17.0 Å². The number of rotatable bonds is 3. The number of aromatic amines is 1. The van der Waals surface area contributed by atoms with Crippen LogP contribution in [0.15, 0.2) is 4.52 Å². The molecular weight excluding hydrogens is 196 g/mol. The number of hydrogen-bond donors (Lipinski definition) is 3. The largest absolute Gasteiger partial charge is 0.368 e. The Hall–Kier alpha value is -2.05. The van der Waals surface area contributed by atoms with Gasteiger partial charge in [-0.1, -0.05) is 5.16 Å². The Morgan fingerprint density at radius 2 is 2.27 bits per heavy atom. The number of anilines is 2. The van der Waals surface area contributed by atoms with E-state index in [9.17, 15) is 0 Å². The minimum Gasteiger partial charge on any atom is -0.368 e. The molecule has 0 saturated heterocycles. The Kier molecular flexibility index (Phi) is 2.28. The Morgan fingerprint density at radius 1 is 1.47 bits per heavy atom. The summed E-state index contributed by atoms with van der Waals surface area (Å²) < 4.78 is 5.03. The van der Waals surface area contributed by atoms with Crippen LogP contribution in [0.4, 0.5) is 11.9 Å². The van der Waals surface area contributed by atoms with Crippen molar-refractivity contribution in [1.82, 2.24) is 20.3 Å². The predicted molar refractivity (Wildman–Crippen MR) is 54.1 cm³/mol. The summed E-state index contributed by atoms with van der Waals surface area (Å²) >= 11 is 0. The van der Waals surface area contributed by atoms with Crippen LogP contribution >= 0.6 is 0 Å². The van der Waals surface area contributed by atoms with Crippen molar-refractivity contribution in [2.45, 2.75) is 20.4 Å². The zero-order chi connectivity index (χ0) is 10.8. The molecule has 2 aromatic rings. The van der Waals surface area contributed by atoms with Crippen molar-refractivity contribution in [3.8, 4) is 0 Å². The molecule has 7 heteroatoms. The Bertz CT molecular complexity index is 440. The van der Waals surface area contributed by atoms with Gasteiger partial charge in [-0.15, -0.1) is 5.10 Å². The van der Waals surface area contributed by atoms with Gasteiger partial charge in [0.05, 0.1) is 5.69 Å². The number of nitrogen functional groups attached to an aromatic ring is 1. The summed E-state index contributed by atoms with van der Waals surface area (Å²) in [5.74, 6) is 1.55. The molecule has 0 aliphatic carbocycles. The molecule has 0 fully saturated rings. The molecule has 2 heterocycles. The second kappa shape index (κ2) is 3.60. The van der Waals surface area contributed by atoms with Gasteiger partial charge in [-0.3, -0.25) is 0 Å². The molecule has 0 aliphatic heterocycles. The number of nitrogens with zero attached hydrogens (tertiary/aromatic N) is 3. The Morgan fingerprint density at radius 3 is 2.80 bits per heavy atom. The normalized spacial score (nSPS) is 10.5. The Balaban J connectivity index is 2.05. The van der Waals surface area contributed by atoms with Crippen LogP contribution in [0.1, 0.15) is 17.0 Å². The molecule has 4 N–H and O–H groups in total. The number of H-pyrrole nitrogens is 1. The van der Waals surface area contributed by atoms with Crippen LogP contribution < -0.4 is 11.1 Å². The van der Waals surface area contributed by atoms with Gasteiger partial charge in [-0.25, -0.2) is 5.10 Å². The lowest BCUT2D eigenvalue weighted by molar-refractivity contribution is 0.392. The van der Waals surface area contributed by atoms with Crippen LogP contribution in [0.3, 0.4) is 0 Å². The first-order valence-electron chi connectivity index (χ1n) is 4.50. The van der Waals surface area contributed by atoms with Crippen molar-refractivity contribution in [3.63, 3.8) is 0 Å². The highest BCUT2D eigenvalue weighted by Gasteiger charge is 2.09. The van der Waals surface area contributed by atoms with Gasteiger partial charge in [-0.05, 0) is 13.8 Å². The van der Waals surface area contributed by atoms with Gasteiger partial charge in [-0.2, -0.15) is 4.98 Å². The molecule has 0 spiro atoms. The molecular formula is C8H12N6O. The lowest BCUT2D eigenvalue weighted by atomic mass is 10.2. The van der Waals surface area contributed by atoms with Gasteiger partial charge in [0.2, 0.25) is 11.9 Å². The number of aryl methyl sites for hydroxylation is 2. The van der Waals surface area contributed by atoms with Crippen LogP contribution in [-0.4, -0.2) is 20.3 Å². The van der Waals surface area contributed by atoms with Crippen LogP contribution in [0, 0.1) is 13.8 Å². The number of aromatic nitrogens is 4. The average molecular weight is 208 g/mol. The standard InChI is InChI=1S/C8H12N6O/c1-4-6(5(2)15-14-4)3-10-8-11-7(9)12-13-8/h3H2,1-2H3,(H4,9,10,11,12,13). The zero-order valence-electron chi connectivity index (χ0n) is 8.53. The van der Waals surface area contributed by atoms with Crippen LogP contribution in [0.25, 0.3) is 0 Å². The molecule has 0 atom stereocenters. The minimum atomic E-state index is 0.288. The van der Waals surface area contributed by atoms with Crippen molar-refractivity contribution >= 4 is 11.9 Å². The van der Waals surface area contributed by atoms with E-state index in [-0.39, 0.29) is 5.95 Å². The van der Waals surface area contributed by atoms with Gasteiger partial charge >= 0.3 is 0 Å². The van der Waals surface area contributed by atoms with E-state index in [0.29, 0.717) is 12.5 Å². The number of nitrogens with one attached hydrogen (secondary N) is 2. The fraction of sp³-hybridized carbons (Fsp3) is 0.375. The molecule has 0 unspecified atom stereocenters. The van der Waals surface area contributed by atoms with E-state index in [1.807, 2.05) is 13.8 Å². The highest BCUT2D eigenvalue weighted by molar-refractivity contribution is 5.32. The molecule has 0 saturated carbocycles. The highest BCUT2D eigenvalue weighted by atomic mass is 16.5. The first kappa shape index (κ1) is 9.50. The lowest BCUT2D eigenvalue weighted by Crippen LogP contribution is -2.02. The van der Waals surface area contributed by atoms with Gasteiger partial charge in [0.15, 0.2) is 0 Å². The molecule has 2 aromatic heterocycles. The second-order valence-electron chi connectivity index (χ2n) is 3.20. The third kappa shape index (κ3) is 1.90. The van der Waals surface area contributed by atoms with E-state index >= 15 is 0 Å². The highest BCUT2D eigenvalue weighted by Crippen LogP contribution is 2.13. The van der Waals surface area contributed by atoms with Crippen LogP contribution in [-0.2, 0) is 6.54 Å². The fourth-order valence-corrected chi connectivity index (χ4v) is 1.28. The van der Waals surface area contributed by atoms with Crippen molar-refractivity contribution in [2.24, 2.45) is 0 Å². The molecule has 0 radical (unpaired) electrons. The first-order valence-corrected chi connectivity index (χ1v) is 4.50. The maximum atomic E-state index is 5.39. The van der Waals surface area contributed by atoms with E-state index in [2.05, 4.69) is 25.7 Å². The quantitative estimate of drug-likeness (QED) is 0.682. The molecule has 0 aromatic carbocycles. The average Bonchev–Trinajstić information content (AvgIpc) is 2.73. The van der Waals surface area contributed by atoms with E-state index in [4.69, 9.17) is 10.3 Å². The molecule has 7 nitrogen and oxygen atoms in total. The maximum absolute atomic E-state index is 5.39. The summed E-state index contributed by atoms with van der Waals surface area (Å²) in [6, 6.07) is 0. The molecule has 0 amide bonds. The first-order chi connectivity index (χ1) is 7.16.